The molecule has 0 radical (unpaired) electrons. The molecule has 4 aromatic rings. The van der Waals surface area contributed by atoms with Gasteiger partial charge >= 0.3 is 6.09 Å². The number of hydrogen-bond acceptors (Lipinski definition) is 7. The molecule has 1 amide bonds. The molecule has 1 aliphatic heterocycles. The highest BCUT2D eigenvalue weighted by Gasteiger charge is 2.17. The number of ether oxygens (including phenoxy) is 1. The first-order chi connectivity index (χ1) is 16.9. The van der Waals surface area contributed by atoms with Crippen molar-refractivity contribution >= 4 is 23.2 Å². The van der Waals surface area contributed by atoms with Gasteiger partial charge in [-0.1, -0.05) is 36.4 Å². The standard InChI is InChI=1S/C26H29N7O2/c1-17(35-26(28)34)18-3-5-19(6-4-18)22-15-29-25-23(16-30-33(25)24(22)27)20-7-9-21(10-8-20)32-13-11-31(2)12-14-32/h3-10,15-17H,11-14,27H2,1-2H3,(H2,28,34). The SMILES string of the molecule is CC(OC(N)=O)c1ccc(-c2cnc3c(-c4ccc(N5CCN(C)CC5)cc4)cnn3c2N)cc1. The number of carbonyl (C=O) groups is 1. The monoisotopic (exact) mass is 471 g/mol. The maximum absolute atomic E-state index is 11.0. The number of likely N-dealkylation sites (N-methyl/N-ethyl adjacent to an activating group) is 1. The molecule has 2 aromatic carbocycles. The van der Waals surface area contributed by atoms with Crippen molar-refractivity contribution in [2.45, 2.75) is 13.0 Å². The predicted molar refractivity (Wildman–Crippen MR) is 137 cm³/mol. The van der Waals surface area contributed by atoms with Crippen LogP contribution in [0.2, 0.25) is 0 Å². The molecule has 180 valence electrons. The van der Waals surface area contributed by atoms with Gasteiger partial charge in [0, 0.05) is 49.2 Å². The zero-order valence-corrected chi connectivity index (χ0v) is 19.9. The first kappa shape index (κ1) is 22.7. The van der Waals surface area contributed by atoms with E-state index in [2.05, 4.69) is 46.2 Å². The lowest BCUT2D eigenvalue weighted by Gasteiger charge is -2.34. The Morgan fingerprint density at radius 3 is 2.23 bits per heavy atom. The average Bonchev–Trinajstić information content (AvgIpc) is 3.30. The third-order valence-electron chi connectivity index (χ3n) is 6.59. The molecule has 9 heteroatoms. The lowest BCUT2D eigenvalue weighted by molar-refractivity contribution is 0.116. The van der Waals surface area contributed by atoms with Crippen LogP contribution in [0.25, 0.3) is 27.9 Å². The summed E-state index contributed by atoms with van der Waals surface area (Å²) in [6.07, 6.45) is 2.34. The van der Waals surface area contributed by atoms with Gasteiger partial charge in [-0.15, -0.1) is 0 Å². The first-order valence-corrected chi connectivity index (χ1v) is 11.6. The summed E-state index contributed by atoms with van der Waals surface area (Å²) in [6, 6.07) is 16.1. The number of hydrogen-bond donors (Lipinski definition) is 2. The van der Waals surface area contributed by atoms with E-state index in [0.29, 0.717) is 11.5 Å². The topological polar surface area (TPSA) is 115 Å². The number of nitrogens with zero attached hydrogens (tertiary/aromatic N) is 5. The third-order valence-corrected chi connectivity index (χ3v) is 6.59. The van der Waals surface area contributed by atoms with Crippen molar-refractivity contribution in [3.8, 4) is 22.3 Å². The van der Waals surface area contributed by atoms with E-state index < -0.39 is 12.2 Å². The van der Waals surface area contributed by atoms with Crippen molar-refractivity contribution in [2.24, 2.45) is 5.73 Å². The van der Waals surface area contributed by atoms with Crippen LogP contribution in [0.3, 0.4) is 0 Å². The Morgan fingerprint density at radius 2 is 1.57 bits per heavy atom. The minimum atomic E-state index is -0.802. The Bertz CT molecular complexity index is 1340. The molecule has 0 spiro atoms. The Morgan fingerprint density at radius 1 is 0.943 bits per heavy atom. The van der Waals surface area contributed by atoms with Gasteiger partial charge in [-0.05, 0) is 42.8 Å². The second-order valence-corrected chi connectivity index (χ2v) is 8.89. The van der Waals surface area contributed by atoms with Crippen LogP contribution in [0.15, 0.2) is 60.9 Å². The van der Waals surface area contributed by atoms with Gasteiger partial charge in [-0.25, -0.2) is 9.78 Å². The molecule has 4 N–H and O–H groups in total. The number of carbonyl (C=O) groups excluding carboxylic acids is 1. The number of fused-ring (bicyclic) bond motifs is 1. The van der Waals surface area contributed by atoms with Gasteiger partial charge in [0.1, 0.15) is 11.9 Å². The molecular weight excluding hydrogens is 442 g/mol. The Kier molecular flexibility index (Phi) is 6.00. The number of anilines is 2. The van der Waals surface area contributed by atoms with E-state index in [1.165, 1.54) is 5.69 Å². The van der Waals surface area contributed by atoms with Gasteiger partial charge in [0.15, 0.2) is 5.65 Å². The zero-order valence-electron chi connectivity index (χ0n) is 19.9. The largest absolute Gasteiger partial charge is 0.442 e. The summed E-state index contributed by atoms with van der Waals surface area (Å²) in [5, 5.41) is 4.52. The molecule has 1 fully saturated rings. The van der Waals surface area contributed by atoms with Crippen molar-refractivity contribution in [1.82, 2.24) is 19.5 Å². The van der Waals surface area contributed by atoms with Crippen LogP contribution in [-0.2, 0) is 4.74 Å². The molecule has 5 rings (SSSR count). The number of nitrogens with two attached hydrogens (primary N) is 2. The van der Waals surface area contributed by atoms with Crippen molar-refractivity contribution in [2.75, 3.05) is 43.9 Å². The van der Waals surface area contributed by atoms with Crippen molar-refractivity contribution in [3.63, 3.8) is 0 Å². The van der Waals surface area contributed by atoms with Gasteiger partial charge < -0.3 is 26.0 Å². The molecule has 1 aliphatic rings. The summed E-state index contributed by atoms with van der Waals surface area (Å²) in [6.45, 7) is 5.98. The van der Waals surface area contributed by atoms with E-state index in [1.54, 1.807) is 23.8 Å². The summed E-state index contributed by atoms with van der Waals surface area (Å²) in [7, 11) is 2.16. The highest BCUT2D eigenvalue weighted by atomic mass is 16.6. The number of piperazine rings is 1. The highest BCUT2D eigenvalue weighted by Crippen LogP contribution is 2.31. The van der Waals surface area contributed by atoms with Crippen molar-refractivity contribution in [1.29, 1.82) is 0 Å². The quantitative estimate of drug-likeness (QED) is 0.457. The fraction of sp³-hybridized carbons (Fsp3) is 0.269. The maximum atomic E-state index is 11.0. The number of amides is 1. The molecule has 0 bridgehead atoms. The lowest BCUT2D eigenvalue weighted by atomic mass is 10.0. The minimum absolute atomic E-state index is 0.434. The van der Waals surface area contributed by atoms with Crippen LogP contribution in [0, 0.1) is 0 Å². The summed E-state index contributed by atoms with van der Waals surface area (Å²) >= 11 is 0. The number of rotatable bonds is 5. The van der Waals surface area contributed by atoms with Gasteiger partial charge in [0.25, 0.3) is 0 Å². The summed E-state index contributed by atoms with van der Waals surface area (Å²) in [4.78, 5) is 20.5. The Balaban J connectivity index is 1.40. The van der Waals surface area contributed by atoms with E-state index in [4.69, 9.17) is 21.2 Å². The van der Waals surface area contributed by atoms with Crippen LogP contribution < -0.4 is 16.4 Å². The van der Waals surface area contributed by atoms with Gasteiger partial charge in [0.2, 0.25) is 0 Å². The van der Waals surface area contributed by atoms with E-state index in [0.717, 1.165) is 54.0 Å². The molecule has 35 heavy (non-hydrogen) atoms. The predicted octanol–water partition coefficient (Wildman–Crippen LogP) is 3.55. The molecule has 1 atom stereocenters. The lowest BCUT2D eigenvalue weighted by Crippen LogP contribution is -2.44. The average molecular weight is 472 g/mol. The fourth-order valence-corrected chi connectivity index (χ4v) is 4.47. The molecule has 9 nitrogen and oxygen atoms in total. The third kappa shape index (κ3) is 4.50. The Hall–Kier alpha value is -4.11. The summed E-state index contributed by atoms with van der Waals surface area (Å²) in [5.41, 5.74) is 18.0. The smallest absolute Gasteiger partial charge is 0.405 e. The van der Waals surface area contributed by atoms with Crippen molar-refractivity contribution < 1.29 is 9.53 Å². The van der Waals surface area contributed by atoms with Crippen LogP contribution >= 0.6 is 0 Å². The highest BCUT2D eigenvalue weighted by molar-refractivity contribution is 5.82. The van der Waals surface area contributed by atoms with Gasteiger partial charge in [0.05, 0.1) is 6.20 Å². The second kappa shape index (κ2) is 9.27. The fourth-order valence-electron chi connectivity index (χ4n) is 4.47. The van der Waals surface area contributed by atoms with Crippen LogP contribution in [-0.4, -0.2) is 58.8 Å². The Labute approximate surface area is 203 Å². The first-order valence-electron chi connectivity index (χ1n) is 11.6. The van der Waals surface area contributed by atoms with Crippen molar-refractivity contribution in [3.05, 3.63) is 66.5 Å². The molecule has 0 saturated carbocycles. The van der Waals surface area contributed by atoms with E-state index >= 15 is 0 Å². The van der Waals surface area contributed by atoms with Crippen LogP contribution in [0.5, 0.6) is 0 Å². The molecule has 0 aliphatic carbocycles. The number of aromatic nitrogens is 3. The van der Waals surface area contributed by atoms with Crippen LogP contribution in [0.1, 0.15) is 18.6 Å². The van der Waals surface area contributed by atoms with E-state index in [-0.39, 0.29) is 0 Å². The number of benzene rings is 2. The van der Waals surface area contributed by atoms with E-state index in [1.807, 2.05) is 24.3 Å². The second-order valence-electron chi connectivity index (χ2n) is 8.89. The molecule has 3 heterocycles. The van der Waals surface area contributed by atoms with E-state index in [9.17, 15) is 4.79 Å². The summed E-state index contributed by atoms with van der Waals surface area (Å²) < 4.78 is 6.71. The zero-order chi connectivity index (χ0) is 24.5. The summed E-state index contributed by atoms with van der Waals surface area (Å²) in [5.74, 6) is 0.504. The van der Waals surface area contributed by atoms with Gasteiger partial charge in [-0.3, -0.25) is 0 Å². The van der Waals surface area contributed by atoms with Gasteiger partial charge in [-0.2, -0.15) is 9.61 Å². The molecule has 2 aromatic heterocycles. The number of primary amides is 1. The molecule has 1 unspecified atom stereocenters. The maximum Gasteiger partial charge on any atom is 0.405 e. The molecule has 1 saturated heterocycles. The normalized spacial score (nSPS) is 15.3. The number of nitrogen functional groups attached to an aromatic ring is 1. The minimum Gasteiger partial charge on any atom is -0.442 e. The van der Waals surface area contributed by atoms with Crippen LogP contribution in [0.4, 0.5) is 16.3 Å². The molecular formula is C26H29N7O2.